The number of carbonyl (C=O) groups is 1. The second-order valence-electron chi connectivity index (χ2n) is 5.25. The van der Waals surface area contributed by atoms with Gasteiger partial charge in [-0.25, -0.2) is 9.78 Å². The minimum Gasteiger partial charge on any atom is -0.478 e. The van der Waals surface area contributed by atoms with Crippen LogP contribution in [-0.2, 0) is 0 Å². The third-order valence-electron chi connectivity index (χ3n) is 3.77. The fourth-order valence-corrected chi connectivity index (χ4v) is 2.68. The Balaban J connectivity index is 2.15. The maximum atomic E-state index is 11.3. The Bertz CT molecular complexity index is 1050. The summed E-state index contributed by atoms with van der Waals surface area (Å²) in [6.45, 7) is 1.86. The van der Waals surface area contributed by atoms with E-state index in [9.17, 15) is 9.90 Å². The van der Waals surface area contributed by atoms with Crippen molar-refractivity contribution in [3.63, 3.8) is 0 Å². The van der Waals surface area contributed by atoms with E-state index in [4.69, 9.17) is 0 Å². The summed E-state index contributed by atoms with van der Waals surface area (Å²) in [6, 6.07) is 14.5. The van der Waals surface area contributed by atoms with Gasteiger partial charge in [-0.1, -0.05) is 30.3 Å². The lowest BCUT2D eigenvalue weighted by atomic mass is 10.1. The van der Waals surface area contributed by atoms with Gasteiger partial charge in [0.05, 0.1) is 22.3 Å². The molecule has 0 spiro atoms. The van der Waals surface area contributed by atoms with Gasteiger partial charge in [0, 0.05) is 5.56 Å². The number of carboxylic acids is 1. The lowest BCUT2D eigenvalue weighted by Gasteiger charge is -2.07. The summed E-state index contributed by atoms with van der Waals surface area (Å²) in [4.78, 5) is 15.8. The molecule has 6 nitrogen and oxygen atoms in total. The Morgan fingerprint density at radius 2 is 1.87 bits per heavy atom. The monoisotopic (exact) mass is 304 g/mol. The van der Waals surface area contributed by atoms with Crippen molar-refractivity contribution in [2.24, 2.45) is 0 Å². The molecule has 4 rings (SSSR count). The summed E-state index contributed by atoms with van der Waals surface area (Å²) >= 11 is 0. The molecule has 0 aliphatic carbocycles. The summed E-state index contributed by atoms with van der Waals surface area (Å²) in [5.41, 5.74) is 3.87. The Labute approximate surface area is 131 Å². The van der Waals surface area contributed by atoms with Crippen molar-refractivity contribution in [2.45, 2.75) is 6.92 Å². The fourth-order valence-electron chi connectivity index (χ4n) is 2.68. The molecule has 0 bridgehead atoms. The second-order valence-corrected chi connectivity index (χ2v) is 5.25. The molecular weight excluding hydrogens is 292 g/mol. The van der Waals surface area contributed by atoms with Gasteiger partial charge in [0.1, 0.15) is 0 Å². The third-order valence-corrected chi connectivity index (χ3v) is 3.77. The molecule has 0 atom stereocenters. The van der Waals surface area contributed by atoms with Gasteiger partial charge in [0.25, 0.3) is 0 Å². The Hall–Kier alpha value is -3.28. The molecule has 2 aromatic heterocycles. The summed E-state index contributed by atoms with van der Waals surface area (Å²) < 4.78 is 1.86. The van der Waals surface area contributed by atoms with Crippen molar-refractivity contribution < 1.29 is 9.90 Å². The molecule has 0 fully saturated rings. The molecule has 0 saturated heterocycles. The Morgan fingerprint density at radius 3 is 2.61 bits per heavy atom. The number of aromatic nitrogens is 4. The number of carboxylic acid groups (broad SMARTS) is 1. The van der Waals surface area contributed by atoms with Crippen LogP contribution in [0.3, 0.4) is 0 Å². The maximum absolute atomic E-state index is 11.3. The zero-order valence-corrected chi connectivity index (χ0v) is 12.3. The van der Waals surface area contributed by atoms with E-state index in [-0.39, 0.29) is 5.56 Å². The first-order valence-corrected chi connectivity index (χ1v) is 7.09. The largest absolute Gasteiger partial charge is 0.478 e. The highest BCUT2D eigenvalue weighted by atomic mass is 16.4. The van der Waals surface area contributed by atoms with Crippen molar-refractivity contribution in [1.29, 1.82) is 0 Å². The van der Waals surface area contributed by atoms with E-state index in [1.54, 1.807) is 18.2 Å². The molecule has 6 heteroatoms. The van der Waals surface area contributed by atoms with Gasteiger partial charge in [-0.2, -0.15) is 0 Å². The number of hydrogen-bond donors (Lipinski definition) is 1. The van der Waals surface area contributed by atoms with Gasteiger partial charge >= 0.3 is 5.97 Å². The van der Waals surface area contributed by atoms with Crippen molar-refractivity contribution in [2.75, 3.05) is 0 Å². The Kier molecular flexibility index (Phi) is 2.84. The number of fused-ring (bicyclic) bond motifs is 3. The van der Waals surface area contributed by atoms with Crippen LogP contribution in [0, 0.1) is 6.92 Å². The molecule has 2 aromatic carbocycles. The van der Waals surface area contributed by atoms with E-state index >= 15 is 0 Å². The smallest absolute Gasteiger partial charge is 0.335 e. The van der Waals surface area contributed by atoms with Crippen molar-refractivity contribution in [3.8, 4) is 11.4 Å². The predicted molar refractivity (Wildman–Crippen MR) is 85.4 cm³/mol. The lowest BCUT2D eigenvalue weighted by molar-refractivity contribution is 0.0697. The Morgan fingerprint density at radius 1 is 1.09 bits per heavy atom. The predicted octanol–water partition coefficient (Wildman–Crippen LogP) is 2.95. The van der Waals surface area contributed by atoms with Crippen LogP contribution in [0.4, 0.5) is 0 Å². The first-order chi connectivity index (χ1) is 11.1. The minimum absolute atomic E-state index is 0.206. The maximum Gasteiger partial charge on any atom is 0.335 e. The highest BCUT2D eigenvalue weighted by molar-refractivity contribution is 5.93. The zero-order valence-electron chi connectivity index (χ0n) is 12.3. The summed E-state index contributed by atoms with van der Waals surface area (Å²) in [7, 11) is 0. The molecule has 1 N–H and O–H groups in total. The van der Waals surface area contributed by atoms with E-state index in [0.29, 0.717) is 22.5 Å². The molecule has 112 valence electrons. The molecule has 0 radical (unpaired) electrons. The van der Waals surface area contributed by atoms with E-state index in [1.807, 2.05) is 41.7 Å². The van der Waals surface area contributed by atoms with E-state index < -0.39 is 5.97 Å². The number of hydrogen-bond acceptors (Lipinski definition) is 4. The average molecular weight is 304 g/mol. The van der Waals surface area contributed by atoms with Gasteiger partial charge < -0.3 is 5.11 Å². The molecular formula is C17H12N4O2. The fraction of sp³-hybridized carbons (Fsp3) is 0.0588. The van der Waals surface area contributed by atoms with Crippen LogP contribution in [0.25, 0.3) is 28.1 Å². The molecule has 23 heavy (non-hydrogen) atoms. The summed E-state index contributed by atoms with van der Waals surface area (Å²) in [5.74, 6) is -0.311. The van der Waals surface area contributed by atoms with Crippen molar-refractivity contribution in [3.05, 3.63) is 59.8 Å². The van der Waals surface area contributed by atoms with Gasteiger partial charge in [0.15, 0.2) is 11.5 Å². The third kappa shape index (κ3) is 2.03. The van der Waals surface area contributed by atoms with Gasteiger partial charge in [-0.3, -0.25) is 4.40 Å². The molecule has 0 amide bonds. The molecule has 2 heterocycles. The van der Waals surface area contributed by atoms with Crippen LogP contribution < -0.4 is 0 Å². The minimum atomic E-state index is -0.977. The molecule has 4 aromatic rings. The first kappa shape index (κ1) is 13.4. The first-order valence-electron chi connectivity index (χ1n) is 7.09. The molecule has 0 unspecified atom stereocenters. The van der Waals surface area contributed by atoms with Crippen LogP contribution >= 0.6 is 0 Å². The summed E-state index contributed by atoms with van der Waals surface area (Å²) in [6.07, 6.45) is 0. The zero-order chi connectivity index (χ0) is 16.0. The molecule has 0 aliphatic heterocycles. The number of aromatic carboxylic acids is 1. The number of benzene rings is 2. The van der Waals surface area contributed by atoms with Crippen LogP contribution in [0.1, 0.15) is 16.1 Å². The highest BCUT2D eigenvalue weighted by Gasteiger charge is 2.15. The summed E-state index contributed by atoms with van der Waals surface area (Å²) in [5, 5.41) is 17.7. The van der Waals surface area contributed by atoms with E-state index in [2.05, 4.69) is 15.2 Å². The standard InChI is InChI=1S/C17H12N4O2/c1-10-15-19-20-16(11-5-3-2-4-6-11)21(15)14-9-12(17(22)23)7-8-13(14)18-10/h2-9H,1H3,(H,22,23). The van der Waals surface area contributed by atoms with Crippen LogP contribution in [0.5, 0.6) is 0 Å². The van der Waals surface area contributed by atoms with E-state index in [0.717, 1.165) is 11.3 Å². The average Bonchev–Trinajstić information content (AvgIpc) is 3.01. The van der Waals surface area contributed by atoms with Gasteiger partial charge in [-0.05, 0) is 25.1 Å². The SMILES string of the molecule is Cc1nc2ccc(C(=O)O)cc2n2c(-c3ccccc3)nnc12. The molecule has 0 aliphatic rings. The van der Waals surface area contributed by atoms with Crippen molar-refractivity contribution in [1.82, 2.24) is 19.6 Å². The van der Waals surface area contributed by atoms with E-state index in [1.165, 1.54) is 0 Å². The number of rotatable bonds is 2. The van der Waals surface area contributed by atoms with Crippen molar-refractivity contribution >= 4 is 22.6 Å². The van der Waals surface area contributed by atoms with Crippen LogP contribution in [0.2, 0.25) is 0 Å². The number of aryl methyl sites for hydroxylation is 1. The van der Waals surface area contributed by atoms with Crippen LogP contribution in [0.15, 0.2) is 48.5 Å². The normalized spacial score (nSPS) is 11.2. The molecule has 0 saturated carbocycles. The lowest BCUT2D eigenvalue weighted by Crippen LogP contribution is -2.01. The van der Waals surface area contributed by atoms with Crippen LogP contribution in [-0.4, -0.2) is 30.7 Å². The van der Waals surface area contributed by atoms with Gasteiger partial charge in [0.2, 0.25) is 0 Å². The second kappa shape index (κ2) is 4.88. The number of nitrogens with zero attached hydrogens (tertiary/aromatic N) is 4. The highest BCUT2D eigenvalue weighted by Crippen LogP contribution is 2.25. The quantitative estimate of drug-likeness (QED) is 0.616. The van der Waals surface area contributed by atoms with Gasteiger partial charge in [-0.15, -0.1) is 10.2 Å². The topological polar surface area (TPSA) is 80.4 Å².